The number of nitrogens with zero attached hydrogens (tertiary/aromatic N) is 4. The van der Waals surface area contributed by atoms with Crippen molar-refractivity contribution in [2.45, 2.75) is 6.61 Å². The molecule has 0 aromatic carbocycles. The molecule has 0 saturated heterocycles. The first-order valence-electron chi connectivity index (χ1n) is 1.98. The third-order valence-corrected chi connectivity index (χ3v) is 1.46. The quantitative estimate of drug-likeness (QED) is 0.616. The summed E-state index contributed by atoms with van der Waals surface area (Å²) in [4.78, 5) is 0. The summed E-state index contributed by atoms with van der Waals surface area (Å²) >= 11 is 0.535. The molecule has 0 spiro atoms. The zero-order valence-electron chi connectivity index (χ0n) is 4.02. The summed E-state index contributed by atoms with van der Waals surface area (Å²) in [6, 6.07) is 0. The van der Waals surface area contributed by atoms with Crippen LogP contribution in [0.1, 0.15) is 5.82 Å². The van der Waals surface area contributed by atoms with Crippen LogP contribution in [0.5, 0.6) is 0 Å². The van der Waals surface area contributed by atoms with Gasteiger partial charge in [-0.1, -0.05) is 0 Å². The molecule has 0 saturated carbocycles. The molecule has 0 amide bonds. The van der Waals surface area contributed by atoms with E-state index in [1.807, 2.05) is 0 Å². The molecule has 1 aromatic rings. The Kier molecular flexibility index (Phi) is 1.89. The van der Waals surface area contributed by atoms with Crippen LogP contribution in [0, 0.1) is 0 Å². The van der Waals surface area contributed by atoms with Gasteiger partial charge in [-0.3, -0.25) is 0 Å². The molecule has 5 nitrogen and oxygen atoms in total. The maximum absolute atomic E-state index is 8.39. The number of hydrogen-bond donors (Lipinski definition) is 1. The summed E-state index contributed by atoms with van der Waals surface area (Å²) in [7, 11) is 0. The summed E-state index contributed by atoms with van der Waals surface area (Å²) in [5, 5.41) is 19.2. The molecule has 8 heavy (non-hydrogen) atoms. The van der Waals surface area contributed by atoms with Gasteiger partial charge in [-0.25, -0.2) is 0 Å². The Hall–Kier alpha value is -0.0479. The van der Waals surface area contributed by atoms with Gasteiger partial charge in [-0.15, -0.1) is 0 Å². The molecule has 1 rings (SSSR count). The van der Waals surface area contributed by atoms with Gasteiger partial charge in [0.25, 0.3) is 0 Å². The van der Waals surface area contributed by atoms with E-state index < -0.39 is 0 Å². The van der Waals surface area contributed by atoms with Gasteiger partial charge in [0.15, 0.2) is 0 Å². The SMILES string of the molecule is OCc1nn[n]([Tl])n1. The topological polar surface area (TPSA) is 63.8 Å². The molecule has 0 atom stereocenters. The van der Waals surface area contributed by atoms with E-state index in [2.05, 4.69) is 15.4 Å². The maximum atomic E-state index is 8.39. The van der Waals surface area contributed by atoms with Crippen LogP contribution in [0.15, 0.2) is 0 Å². The van der Waals surface area contributed by atoms with E-state index >= 15 is 0 Å². The Balaban J connectivity index is 2.84. The average molecular weight is 303 g/mol. The number of hydrogen-bond acceptors (Lipinski definition) is 4. The normalized spacial score (nSPS) is 9.50. The molecule has 0 radical (unpaired) electrons. The van der Waals surface area contributed by atoms with Crippen molar-refractivity contribution in [1.82, 2.24) is 18.0 Å². The Labute approximate surface area is 61.8 Å². The first-order valence-corrected chi connectivity index (χ1v) is 3.98. The molecule has 0 unspecified atom stereocenters. The molecule has 0 aliphatic carbocycles. The van der Waals surface area contributed by atoms with Crippen molar-refractivity contribution in [1.29, 1.82) is 0 Å². The predicted molar refractivity (Wildman–Crippen MR) is 24.9 cm³/mol. The molecule has 0 aliphatic rings. The zero-order chi connectivity index (χ0) is 5.98. The molecule has 1 N–H and O–H groups in total. The molecular weight excluding hydrogens is 300 g/mol. The third-order valence-electron chi connectivity index (χ3n) is 0.611. The summed E-state index contributed by atoms with van der Waals surface area (Å²) in [5.74, 6) is 0.396. The molecule has 6 heteroatoms. The van der Waals surface area contributed by atoms with E-state index in [0.717, 1.165) is 0 Å². The first kappa shape index (κ1) is 6.08. The number of aromatic nitrogens is 4. The van der Waals surface area contributed by atoms with Crippen molar-refractivity contribution in [2.24, 2.45) is 0 Å². The predicted octanol–water partition coefficient (Wildman–Crippen LogP) is -1.90. The monoisotopic (exact) mass is 304 g/mol. The van der Waals surface area contributed by atoms with Crippen LogP contribution < -0.4 is 0 Å². The fourth-order valence-electron chi connectivity index (χ4n) is 0.319. The summed E-state index contributed by atoms with van der Waals surface area (Å²) in [6.07, 6.45) is 0. The summed E-state index contributed by atoms with van der Waals surface area (Å²) in [6.45, 7) is -0.118. The molecule has 0 aliphatic heterocycles. The third kappa shape index (κ3) is 1.22. The van der Waals surface area contributed by atoms with Crippen LogP contribution in [0.3, 0.4) is 0 Å². The van der Waals surface area contributed by atoms with Crippen LogP contribution in [0.2, 0.25) is 0 Å². The number of aliphatic hydroxyl groups excluding tert-OH is 1. The molecule has 0 bridgehead atoms. The second-order valence-corrected chi connectivity index (χ2v) is 2.98. The standard InChI is InChI=1S/C2H3N4O.Tl/c7-1-2-3-5-6-4-2;/h7H,1H2;/q-1;+1. The van der Waals surface area contributed by atoms with Crippen molar-refractivity contribution in [3.8, 4) is 0 Å². The second kappa shape index (κ2) is 2.49. The van der Waals surface area contributed by atoms with E-state index in [1.54, 1.807) is 0 Å². The van der Waals surface area contributed by atoms with Crippen LogP contribution in [-0.4, -0.2) is 49.2 Å². The van der Waals surface area contributed by atoms with Gasteiger partial charge in [-0.2, -0.15) is 0 Å². The van der Waals surface area contributed by atoms with Crippen LogP contribution >= 0.6 is 0 Å². The summed E-state index contributed by atoms with van der Waals surface area (Å²) < 4.78 is 1.46. The molecule has 40 valence electrons. The van der Waals surface area contributed by atoms with E-state index in [0.29, 0.717) is 31.9 Å². The number of aliphatic hydroxyl groups is 1. The second-order valence-electron chi connectivity index (χ2n) is 1.18. The van der Waals surface area contributed by atoms with E-state index in [9.17, 15) is 0 Å². The Morgan fingerprint density at radius 2 is 2.50 bits per heavy atom. The minimum absolute atomic E-state index is 0.118. The van der Waals surface area contributed by atoms with Gasteiger partial charge in [0.1, 0.15) is 0 Å². The van der Waals surface area contributed by atoms with Crippen LogP contribution in [0.4, 0.5) is 0 Å². The Morgan fingerprint density at radius 3 is 2.75 bits per heavy atom. The van der Waals surface area contributed by atoms with Gasteiger partial charge in [-0.05, 0) is 0 Å². The Morgan fingerprint density at radius 1 is 1.75 bits per heavy atom. The van der Waals surface area contributed by atoms with E-state index in [-0.39, 0.29) is 6.61 Å². The van der Waals surface area contributed by atoms with Gasteiger partial charge >= 0.3 is 61.6 Å². The average Bonchev–Trinajstić information content (AvgIpc) is 2.14. The van der Waals surface area contributed by atoms with Gasteiger partial charge < -0.3 is 0 Å². The van der Waals surface area contributed by atoms with Gasteiger partial charge in [0.2, 0.25) is 0 Å². The van der Waals surface area contributed by atoms with Crippen molar-refractivity contribution < 1.29 is 5.11 Å². The van der Waals surface area contributed by atoms with Crippen LogP contribution in [0.25, 0.3) is 0 Å². The molecular formula is C2H3N4OTl. The molecule has 0 fully saturated rings. The van der Waals surface area contributed by atoms with Crippen molar-refractivity contribution in [3.63, 3.8) is 0 Å². The van der Waals surface area contributed by atoms with Crippen LogP contribution in [-0.2, 0) is 6.61 Å². The van der Waals surface area contributed by atoms with Gasteiger partial charge in [0, 0.05) is 0 Å². The number of rotatable bonds is 1. The van der Waals surface area contributed by atoms with Crippen molar-refractivity contribution in [3.05, 3.63) is 5.82 Å². The minimum atomic E-state index is -0.118. The summed E-state index contributed by atoms with van der Waals surface area (Å²) in [5.41, 5.74) is 0. The fraction of sp³-hybridized carbons (Fsp3) is 0.500. The zero-order valence-corrected chi connectivity index (χ0v) is 8.51. The fourth-order valence-corrected chi connectivity index (χ4v) is 1.04. The van der Waals surface area contributed by atoms with Crippen molar-refractivity contribution >= 4 is 26.1 Å². The molecule has 1 aromatic heterocycles. The Bertz CT molecular complexity index is 174. The van der Waals surface area contributed by atoms with Gasteiger partial charge in [0.05, 0.1) is 0 Å². The van der Waals surface area contributed by atoms with Crippen molar-refractivity contribution in [2.75, 3.05) is 0 Å². The first-order chi connectivity index (χ1) is 3.83. The number of tetrazole rings is 1. The molecule has 1 heterocycles. The van der Waals surface area contributed by atoms with E-state index in [1.165, 1.54) is 2.61 Å². The van der Waals surface area contributed by atoms with E-state index in [4.69, 9.17) is 5.11 Å².